The van der Waals surface area contributed by atoms with Crippen LogP contribution in [0.3, 0.4) is 0 Å². The Morgan fingerprint density at radius 2 is 1.00 bits per heavy atom. The first-order valence-corrected chi connectivity index (χ1v) is 10.1. The Bertz CT molecular complexity index is 1210. The van der Waals surface area contributed by atoms with Crippen molar-refractivity contribution in [2.45, 2.75) is 6.92 Å². The summed E-state index contributed by atoms with van der Waals surface area (Å²) >= 11 is 0. The van der Waals surface area contributed by atoms with Gasteiger partial charge in [0, 0.05) is 0 Å². The molecule has 0 heterocycles. The van der Waals surface area contributed by atoms with Gasteiger partial charge in [0.05, 0.1) is 22.7 Å². The second-order valence-corrected chi connectivity index (χ2v) is 7.04. The molecule has 0 unspecified atom stereocenters. The summed E-state index contributed by atoms with van der Waals surface area (Å²) in [6.07, 6.45) is 2.14. The van der Waals surface area contributed by atoms with E-state index in [1.54, 1.807) is 0 Å². The molecule has 0 bridgehead atoms. The molecule has 0 amide bonds. The second-order valence-electron chi connectivity index (χ2n) is 7.04. The lowest BCUT2D eigenvalue weighted by Gasteiger charge is -2.04. The zero-order valence-corrected chi connectivity index (χ0v) is 17.3. The van der Waals surface area contributed by atoms with Crippen LogP contribution in [0, 0.1) is 0 Å². The first-order chi connectivity index (χ1) is 15.3. The van der Waals surface area contributed by atoms with E-state index in [1.807, 2.05) is 103 Å². The van der Waals surface area contributed by atoms with Crippen molar-refractivity contribution >= 4 is 34.4 Å². The summed E-state index contributed by atoms with van der Waals surface area (Å²) in [7, 11) is 0. The molecule has 0 aliphatic rings. The summed E-state index contributed by atoms with van der Waals surface area (Å²) in [5, 5.41) is 17.2. The van der Waals surface area contributed by atoms with Crippen LogP contribution in [0.15, 0.2) is 130 Å². The summed E-state index contributed by atoms with van der Waals surface area (Å²) in [5.41, 5.74) is 6.68. The summed E-state index contributed by atoms with van der Waals surface area (Å²) in [4.78, 5) is 0. The lowest BCUT2D eigenvalue weighted by Crippen LogP contribution is -1.80. The summed E-state index contributed by atoms with van der Waals surface area (Å²) in [6.45, 7) is 2.09. The largest absolute Gasteiger partial charge is 0.151 e. The lowest BCUT2D eigenvalue weighted by molar-refractivity contribution is 1.23. The molecule has 0 saturated carbocycles. The highest BCUT2D eigenvalue weighted by Gasteiger charge is 1.99. The van der Waals surface area contributed by atoms with Crippen LogP contribution in [0.2, 0.25) is 0 Å². The molecule has 0 radical (unpaired) electrons. The van der Waals surface area contributed by atoms with Gasteiger partial charge in [0.2, 0.25) is 0 Å². The normalized spacial score (nSPS) is 12.0. The Morgan fingerprint density at radius 3 is 1.58 bits per heavy atom. The van der Waals surface area contributed by atoms with Crippen molar-refractivity contribution in [1.29, 1.82) is 0 Å². The molecule has 31 heavy (non-hydrogen) atoms. The molecule has 0 atom stereocenters. The van der Waals surface area contributed by atoms with Crippen molar-refractivity contribution in [3.05, 3.63) is 120 Å². The SMILES string of the molecule is C/C(=C\c1ccc(/N=N/c2ccccc2)cc1)c1cccc(/N=N\c2ccccc2)c1. The predicted molar refractivity (Wildman–Crippen MR) is 128 cm³/mol. The topological polar surface area (TPSA) is 49.4 Å². The predicted octanol–water partition coefficient (Wildman–Crippen LogP) is 9.08. The molecule has 0 aliphatic carbocycles. The van der Waals surface area contributed by atoms with Crippen molar-refractivity contribution in [1.82, 2.24) is 0 Å². The lowest BCUT2D eigenvalue weighted by atomic mass is 10.0. The second kappa shape index (κ2) is 10.0. The van der Waals surface area contributed by atoms with Crippen LogP contribution in [0.1, 0.15) is 18.1 Å². The standard InChI is InChI=1S/C27H22N4/c1-21(23-9-8-14-27(20-23)31-29-25-12-6-3-7-13-25)19-22-15-17-26(18-16-22)30-28-24-10-4-2-5-11-24/h2-20H,1H3/b21-19+,30-28+,31-29-. The van der Waals surface area contributed by atoms with Gasteiger partial charge in [0.15, 0.2) is 0 Å². The quantitative estimate of drug-likeness (QED) is 0.228. The zero-order chi connectivity index (χ0) is 21.3. The fourth-order valence-corrected chi connectivity index (χ4v) is 3.00. The van der Waals surface area contributed by atoms with E-state index in [4.69, 9.17) is 0 Å². The minimum Gasteiger partial charge on any atom is -0.151 e. The minimum absolute atomic E-state index is 0.821. The Hall–Kier alpha value is -4.18. The van der Waals surface area contributed by atoms with Crippen LogP contribution >= 0.6 is 0 Å². The van der Waals surface area contributed by atoms with Crippen LogP contribution in [-0.4, -0.2) is 0 Å². The maximum Gasteiger partial charge on any atom is 0.0863 e. The minimum atomic E-state index is 0.821. The van der Waals surface area contributed by atoms with E-state index >= 15 is 0 Å². The number of nitrogens with zero attached hydrogens (tertiary/aromatic N) is 4. The highest BCUT2D eigenvalue weighted by molar-refractivity contribution is 5.81. The van der Waals surface area contributed by atoms with Crippen molar-refractivity contribution in [3.8, 4) is 0 Å². The smallest absolute Gasteiger partial charge is 0.0863 e. The summed E-state index contributed by atoms with van der Waals surface area (Å²) in [6, 6.07) is 35.5. The first kappa shape index (κ1) is 20.1. The third-order valence-electron chi connectivity index (χ3n) is 4.65. The van der Waals surface area contributed by atoms with Crippen LogP contribution in [-0.2, 0) is 0 Å². The monoisotopic (exact) mass is 402 g/mol. The fourth-order valence-electron chi connectivity index (χ4n) is 3.00. The van der Waals surface area contributed by atoms with Gasteiger partial charge in [0.25, 0.3) is 0 Å². The molecule has 0 spiro atoms. The highest BCUT2D eigenvalue weighted by atomic mass is 15.1. The third kappa shape index (κ3) is 5.90. The fraction of sp³-hybridized carbons (Fsp3) is 0.0370. The summed E-state index contributed by atoms with van der Waals surface area (Å²) < 4.78 is 0. The first-order valence-electron chi connectivity index (χ1n) is 10.1. The molecule has 0 aliphatic heterocycles. The van der Waals surface area contributed by atoms with Crippen LogP contribution < -0.4 is 0 Å². The van der Waals surface area contributed by atoms with Crippen LogP contribution in [0.25, 0.3) is 11.6 Å². The molecule has 150 valence electrons. The van der Waals surface area contributed by atoms with E-state index in [0.29, 0.717) is 0 Å². The number of allylic oxidation sites excluding steroid dienone is 1. The Balaban J connectivity index is 1.46. The van der Waals surface area contributed by atoms with Crippen molar-refractivity contribution in [2.24, 2.45) is 20.5 Å². The average Bonchev–Trinajstić information content (AvgIpc) is 2.84. The molecule has 4 aromatic carbocycles. The molecule has 0 N–H and O–H groups in total. The van der Waals surface area contributed by atoms with Crippen molar-refractivity contribution in [3.63, 3.8) is 0 Å². The summed E-state index contributed by atoms with van der Waals surface area (Å²) in [5.74, 6) is 0. The molecule has 4 heteroatoms. The van der Waals surface area contributed by atoms with Gasteiger partial charge >= 0.3 is 0 Å². The number of rotatable bonds is 6. The van der Waals surface area contributed by atoms with Gasteiger partial charge in [0.1, 0.15) is 0 Å². The Labute approximate surface area is 182 Å². The molecule has 4 nitrogen and oxygen atoms in total. The molecule has 0 fully saturated rings. The number of hydrogen-bond acceptors (Lipinski definition) is 4. The molecular formula is C27H22N4. The van der Waals surface area contributed by atoms with Gasteiger partial charge in [-0.3, -0.25) is 0 Å². The highest BCUT2D eigenvalue weighted by Crippen LogP contribution is 2.25. The third-order valence-corrected chi connectivity index (χ3v) is 4.65. The molecular weight excluding hydrogens is 380 g/mol. The van der Waals surface area contributed by atoms with Crippen LogP contribution in [0.5, 0.6) is 0 Å². The van der Waals surface area contributed by atoms with Gasteiger partial charge in [-0.2, -0.15) is 20.5 Å². The maximum absolute atomic E-state index is 4.36. The number of hydrogen-bond donors (Lipinski definition) is 0. The number of azo groups is 2. The van der Waals surface area contributed by atoms with E-state index < -0.39 is 0 Å². The van der Waals surface area contributed by atoms with Gasteiger partial charge in [-0.25, -0.2) is 0 Å². The maximum atomic E-state index is 4.36. The Kier molecular flexibility index (Phi) is 6.51. The molecule has 4 rings (SSSR count). The van der Waals surface area contributed by atoms with E-state index in [2.05, 4.69) is 39.5 Å². The molecule has 4 aromatic rings. The average molecular weight is 403 g/mol. The molecule has 0 saturated heterocycles. The zero-order valence-electron chi connectivity index (χ0n) is 17.3. The van der Waals surface area contributed by atoms with E-state index in [1.165, 1.54) is 0 Å². The van der Waals surface area contributed by atoms with Gasteiger partial charge in [-0.1, -0.05) is 66.7 Å². The van der Waals surface area contributed by atoms with Gasteiger partial charge in [-0.05, 0) is 72.2 Å². The van der Waals surface area contributed by atoms with E-state index in [9.17, 15) is 0 Å². The van der Waals surface area contributed by atoms with Gasteiger partial charge < -0.3 is 0 Å². The molecule has 0 aromatic heterocycles. The van der Waals surface area contributed by atoms with Crippen LogP contribution in [0.4, 0.5) is 22.7 Å². The van der Waals surface area contributed by atoms with Gasteiger partial charge in [-0.15, -0.1) is 0 Å². The Morgan fingerprint density at radius 1 is 0.516 bits per heavy atom. The van der Waals surface area contributed by atoms with E-state index in [-0.39, 0.29) is 0 Å². The van der Waals surface area contributed by atoms with E-state index in [0.717, 1.165) is 39.4 Å². The van der Waals surface area contributed by atoms with Crippen molar-refractivity contribution < 1.29 is 0 Å². The number of benzene rings is 4. The van der Waals surface area contributed by atoms with Crippen molar-refractivity contribution in [2.75, 3.05) is 0 Å².